The zero-order chi connectivity index (χ0) is 21.6. The molecule has 9 heteroatoms. The minimum absolute atomic E-state index is 0. The number of aryl methyl sites for hydroxylation is 2. The Kier molecular flexibility index (Phi) is 8.54. The lowest BCUT2D eigenvalue weighted by molar-refractivity contribution is 0.0657. The zero-order valence-electron chi connectivity index (χ0n) is 18.7. The van der Waals surface area contributed by atoms with Gasteiger partial charge in [0.2, 0.25) is 0 Å². The molecule has 0 aliphatic carbocycles. The largest absolute Gasteiger partial charge is 0.459 e. The summed E-state index contributed by atoms with van der Waals surface area (Å²) in [6.45, 7) is 9.39. The van der Waals surface area contributed by atoms with Gasteiger partial charge in [0.1, 0.15) is 5.82 Å². The number of rotatable bonds is 6. The molecule has 3 aromatic rings. The number of carbonyl (C=O) groups excluding carboxylic acids is 1. The van der Waals surface area contributed by atoms with E-state index in [1.165, 1.54) is 11.8 Å². The Balaban J connectivity index is 0.00000289. The number of aliphatic imine (C=N–C) groups is 1. The van der Waals surface area contributed by atoms with Crippen molar-refractivity contribution >= 4 is 46.9 Å². The van der Waals surface area contributed by atoms with Crippen molar-refractivity contribution in [2.75, 3.05) is 39.3 Å². The zero-order valence-corrected chi connectivity index (χ0v) is 21.0. The fraction of sp³-hybridized carbons (Fsp3) is 0.435. The third-order valence-electron chi connectivity index (χ3n) is 5.58. The maximum atomic E-state index is 12.5. The van der Waals surface area contributed by atoms with Crippen LogP contribution in [0.15, 0.2) is 52.1 Å². The SMILES string of the molecule is CCNC(=NCCCn1c(C)nc2ccccc21)N1CCN(C(=O)c2ccco2)CC1.I. The molecule has 8 nitrogen and oxygen atoms in total. The molecule has 4 rings (SSSR count). The van der Waals surface area contributed by atoms with Gasteiger partial charge in [-0.05, 0) is 44.5 Å². The fourth-order valence-electron chi connectivity index (χ4n) is 4.00. The number of fused-ring (bicyclic) bond motifs is 1. The van der Waals surface area contributed by atoms with Crippen molar-refractivity contribution in [3.8, 4) is 0 Å². The standard InChI is InChI=1S/C23H30N6O2.HI/c1-3-24-23(28-15-13-27(14-16-28)22(30)21-10-6-17-31-21)25-11-7-12-29-18(2)26-19-8-4-5-9-20(19)29;/h4-6,8-10,17H,3,7,11-16H2,1-2H3,(H,24,25);1H. The van der Waals surface area contributed by atoms with E-state index in [0.29, 0.717) is 18.8 Å². The second kappa shape index (κ2) is 11.3. The number of hydrogen-bond acceptors (Lipinski definition) is 4. The van der Waals surface area contributed by atoms with Crippen LogP contribution >= 0.6 is 24.0 Å². The number of benzene rings is 1. The Morgan fingerprint density at radius 1 is 1.12 bits per heavy atom. The van der Waals surface area contributed by atoms with E-state index < -0.39 is 0 Å². The van der Waals surface area contributed by atoms with Crippen LogP contribution in [0.25, 0.3) is 11.0 Å². The molecule has 0 atom stereocenters. The number of hydrogen-bond donors (Lipinski definition) is 1. The van der Waals surface area contributed by atoms with Crippen molar-refractivity contribution < 1.29 is 9.21 Å². The molecule has 1 aliphatic heterocycles. The number of piperazine rings is 1. The molecule has 0 bridgehead atoms. The van der Waals surface area contributed by atoms with Crippen molar-refractivity contribution in [2.24, 2.45) is 4.99 Å². The third-order valence-corrected chi connectivity index (χ3v) is 5.58. The van der Waals surface area contributed by atoms with Crippen molar-refractivity contribution in [3.63, 3.8) is 0 Å². The van der Waals surface area contributed by atoms with Gasteiger partial charge in [-0.2, -0.15) is 0 Å². The number of amides is 1. The van der Waals surface area contributed by atoms with Crippen LogP contribution < -0.4 is 5.32 Å². The highest BCUT2D eigenvalue weighted by Crippen LogP contribution is 2.16. The van der Waals surface area contributed by atoms with Gasteiger partial charge in [0, 0.05) is 45.8 Å². The first-order valence-electron chi connectivity index (χ1n) is 10.9. The summed E-state index contributed by atoms with van der Waals surface area (Å²) in [5.41, 5.74) is 2.21. The summed E-state index contributed by atoms with van der Waals surface area (Å²) in [6, 6.07) is 11.7. The van der Waals surface area contributed by atoms with E-state index in [1.807, 2.05) is 11.0 Å². The van der Waals surface area contributed by atoms with E-state index in [1.54, 1.807) is 12.1 Å². The maximum absolute atomic E-state index is 12.5. The maximum Gasteiger partial charge on any atom is 0.289 e. The predicted molar refractivity (Wildman–Crippen MR) is 137 cm³/mol. The topological polar surface area (TPSA) is 78.9 Å². The Morgan fingerprint density at radius 3 is 2.59 bits per heavy atom. The Bertz CT molecular complexity index is 1040. The minimum Gasteiger partial charge on any atom is -0.459 e. The molecule has 1 N–H and O–H groups in total. The molecule has 0 saturated carbocycles. The van der Waals surface area contributed by atoms with Gasteiger partial charge in [0.05, 0.1) is 17.3 Å². The number of para-hydroxylation sites is 2. The lowest BCUT2D eigenvalue weighted by atomic mass is 10.3. The van der Waals surface area contributed by atoms with Gasteiger partial charge in [-0.3, -0.25) is 9.79 Å². The Morgan fingerprint density at radius 2 is 1.88 bits per heavy atom. The number of carbonyl (C=O) groups is 1. The van der Waals surface area contributed by atoms with Gasteiger partial charge in [0.25, 0.3) is 5.91 Å². The summed E-state index contributed by atoms with van der Waals surface area (Å²) < 4.78 is 7.51. The van der Waals surface area contributed by atoms with Crippen molar-refractivity contribution in [2.45, 2.75) is 26.8 Å². The molecule has 32 heavy (non-hydrogen) atoms. The fourth-order valence-corrected chi connectivity index (χ4v) is 4.00. The van der Waals surface area contributed by atoms with Crippen LogP contribution in [0.3, 0.4) is 0 Å². The van der Waals surface area contributed by atoms with Crippen LogP contribution in [0.5, 0.6) is 0 Å². The van der Waals surface area contributed by atoms with Gasteiger partial charge in [-0.25, -0.2) is 4.98 Å². The molecule has 1 fully saturated rings. The molecule has 1 saturated heterocycles. The highest BCUT2D eigenvalue weighted by Gasteiger charge is 2.25. The van der Waals surface area contributed by atoms with Crippen LogP contribution in [0, 0.1) is 6.92 Å². The molecule has 0 radical (unpaired) electrons. The molecule has 1 aromatic carbocycles. The summed E-state index contributed by atoms with van der Waals surface area (Å²) in [7, 11) is 0. The van der Waals surface area contributed by atoms with Gasteiger partial charge in [-0.15, -0.1) is 24.0 Å². The summed E-state index contributed by atoms with van der Waals surface area (Å²) in [5, 5.41) is 3.39. The lowest BCUT2D eigenvalue weighted by Gasteiger charge is -2.36. The average molecular weight is 550 g/mol. The van der Waals surface area contributed by atoms with Crippen LogP contribution in [-0.4, -0.2) is 70.5 Å². The molecular formula is C23H31IN6O2. The number of guanidine groups is 1. The molecular weight excluding hydrogens is 519 g/mol. The smallest absolute Gasteiger partial charge is 0.289 e. The van der Waals surface area contributed by atoms with Gasteiger partial charge in [-0.1, -0.05) is 12.1 Å². The number of furan rings is 1. The summed E-state index contributed by atoms with van der Waals surface area (Å²) in [5.74, 6) is 2.31. The molecule has 2 aromatic heterocycles. The first-order chi connectivity index (χ1) is 15.2. The van der Waals surface area contributed by atoms with Crippen molar-refractivity contribution in [1.29, 1.82) is 0 Å². The second-order valence-electron chi connectivity index (χ2n) is 7.65. The van der Waals surface area contributed by atoms with E-state index >= 15 is 0 Å². The lowest BCUT2D eigenvalue weighted by Crippen LogP contribution is -2.53. The summed E-state index contributed by atoms with van der Waals surface area (Å²) in [6.07, 6.45) is 2.47. The first kappa shape index (κ1) is 24.1. The van der Waals surface area contributed by atoms with Crippen LogP contribution in [-0.2, 0) is 6.54 Å². The first-order valence-corrected chi connectivity index (χ1v) is 10.9. The second-order valence-corrected chi connectivity index (χ2v) is 7.65. The molecule has 3 heterocycles. The molecule has 172 valence electrons. The molecule has 1 aliphatic rings. The quantitative estimate of drug-likeness (QED) is 0.221. The molecule has 0 unspecified atom stereocenters. The van der Waals surface area contributed by atoms with E-state index in [9.17, 15) is 4.79 Å². The highest BCUT2D eigenvalue weighted by atomic mass is 127. The Hall–Kier alpha value is -2.56. The molecule has 1 amide bonds. The summed E-state index contributed by atoms with van der Waals surface area (Å²) in [4.78, 5) is 26.0. The van der Waals surface area contributed by atoms with Gasteiger partial charge in [0.15, 0.2) is 11.7 Å². The van der Waals surface area contributed by atoms with E-state index in [4.69, 9.17) is 9.41 Å². The normalized spacial score (nSPS) is 14.5. The number of nitrogens with zero attached hydrogens (tertiary/aromatic N) is 5. The number of imidazole rings is 1. The number of aromatic nitrogens is 2. The van der Waals surface area contributed by atoms with Gasteiger partial charge >= 0.3 is 0 Å². The Labute approximate surface area is 205 Å². The van der Waals surface area contributed by atoms with Crippen molar-refractivity contribution in [3.05, 3.63) is 54.2 Å². The highest BCUT2D eigenvalue weighted by molar-refractivity contribution is 14.0. The molecule has 0 spiro atoms. The van der Waals surface area contributed by atoms with Crippen LogP contribution in [0.2, 0.25) is 0 Å². The average Bonchev–Trinajstić information content (AvgIpc) is 3.43. The van der Waals surface area contributed by atoms with Crippen LogP contribution in [0.1, 0.15) is 29.7 Å². The monoisotopic (exact) mass is 550 g/mol. The van der Waals surface area contributed by atoms with Gasteiger partial charge < -0.3 is 24.1 Å². The van der Waals surface area contributed by atoms with E-state index in [-0.39, 0.29) is 29.9 Å². The number of nitrogens with one attached hydrogen (secondary N) is 1. The third kappa shape index (κ3) is 5.43. The predicted octanol–water partition coefficient (Wildman–Crippen LogP) is 3.37. The summed E-state index contributed by atoms with van der Waals surface area (Å²) >= 11 is 0. The van der Waals surface area contributed by atoms with E-state index in [0.717, 1.165) is 56.4 Å². The van der Waals surface area contributed by atoms with Crippen LogP contribution in [0.4, 0.5) is 0 Å². The number of halogens is 1. The minimum atomic E-state index is -0.0467. The van der Waals surface area contributed by atoms with Crippen molar-refractivity contribution in [1.82, 2.24) is 24.7 Å². The van der Waals surface area contributed by atoms with E-state index in [2.05, 4.69) is 51.8 Å².